The molecule has 5 rings (SSSR count). The maximum absolute atomic E-state index is 13.6. The number of hydrogen-bond donors (Lipinski definition) is 1. The van der Waals surface area contributed by atoms with Crippen LogP contribution >= 0.6 is 0 Å². The van der Waals surface area contributed by atoms with Gasteiger partial charge in [-0.2, -0.15) is 5.10 Å². The van der Waals surface area contributed by atoms with Crippen molar-refractivity contribution in [1.82, 2.24) is 9.78 Å². The maximum atomic E-state index is 13.6. The third kappa shape index (κ3) is 2.47. The monoisotopic (exact) mass is 354 g/mol. The maximum Gasteiger partial charge on any atom is 0.259 e. The molecule has 0 atom stereocenters. The van der Waals surface area contributed by atoms with Crippen molar-refractivity contribution in [2.75, 3.05) is 10.2 Å². The number of carbonyl (C=O) groups excluding carboxylic acids is 1. The van der Waals surface area contributed by atoms with Gasteiger partial charge >= 0.3 is 0 Å². The molecule has 0 saturated carbocycles. The number of anilines is 3. The number of hydrogen-bond acceptors (Lipinski definition) is 3. The molecule has 27 heavy (non-hydrogen) atoms. The molecule has 1 aliphatic rings. The first kappa shape index (κ1) is 15.6. The van der Waals surface area contributed by atoms with Gasteiger partial charge in [0.2, 0.25) is 0 Å². The van der Waals surface area contributed by atoms with Crippen LogP contribution in [0.25, 0.3) is 10.8 Å². The summed E-state index contributed by atoms with van der Waals surface area (Å²) in [6.07, 6.45) is 1.82. The lowest BCUT2D eigenvalue weighted by Gasteiger charge is -2.23. The lowest BCUT2D eigenvalue weighted by Crippen LogP contribution is -2.30. The summed E-state index contributed by atoms with van der Waals surface area (Å²) in [5.74, 6) is 0.897. The first-order valence-electron chi connectivity index (χ1n) is 8.89. The van der Waals surface area contributed by atoms with Crippen LogP contribution in [0.4, 0.5) is 17.2 Å². The van der Waals surface area contributed by atoms with E-state index in [0.29, 0.717) is 12.1 Å². The molecule has 132 valence electrons. The minimum absolute atomic E-state index is 0.0160. The largest absolute Gasteiger partial charge is 0.338 e. The van der Waals surface area contributed by atoms with E-state index in [1.807, 2.05) is 84.9 Å². The Bertz CT molecular complexity index is 1170. The Hall–Kier alpha value is -3.60. The highest BCUT2D eigenvalue weighted by Crippen LogP contribution is 2.36. The van der Waals surface area contributed by atoms with E-state index in [1.54, 1.807) is 4.68 Å². The predicted octanol–water partition coefficient (Wildman–Crippen LogP) is 4.48. The Morgan fingerprint density at radius 1 is 1.00 bits per heavy atom. The molecule has 3 aromatic carbocycles. The van der Waals surface area contributed by atoms with E-state index in [1.165, 1.54) is 0 Å². The lowest BCUT2D eigenvalue weighted by molar-refractivity contribution is 0.0987. The molecule has 1 aliphatic heterocycles. The summed E-state index contributed by atoms with van der Waals surface area (Å²) < 4.78 is 1.80. The number of aromatic nitrogens is 2. The molecule has 0 radical (unpaired) electrons. The van der Waals surface area contributed by atoms with Gasteiger partial charge in [0.05, 0.1) is 24.1 Å². The van der Waals surface area contributed by atoms with Crippen molar-refractivity contribution in [1.29, 1.82) is 0 Å². The molecule has 0 fully saturated rings. The Kier molecular flexibility index (Phi) is 3.47. The summed E-state index contributed by atoms with van der Waals surface area (Å²) in [5.41, 5.74) is 3.46. The van der Waals surface area contributed by atoms with E-state index >= 15 is 0 Å². The smallest absolute Gasteiger partial charge is 0.259 e. The van der Waals surface area contributed by atoms with Gasteiger partial charge in [-0.05, 0) is 29.0 Å². The van der Waals surface area contributed by atoms with E-state index in [9.17, 15) is 4.79 Å². The highest BCUT2D eigenvalue weighted by atomic mass is 16.2. The Morgan fingerprint density at radius 2 is 1.78 bits per heavy atom. The van der Waals surface area contributed by atoms with Crippen LogP contribution in [0.2, 0.25) is 0 Å². The summed E-state index contributed by atoms with van der Waals surface area (Å²) in [6, 6.07) is 21.7. The second-order valence-corrected chi connectivity index (χ2v) is 6.70. The zero-order chi connectivity index (χ0) is 18.4. The normalized spacial score (nSPS) is 12.9. The lowest BCUT2D eigenvalue weighted by atomic mass is 10.0. The summed E-state index contributed by atoms with van der Waals surface area (Å²) in [6.45, 7) is 0.468. The van der Waals surface area contributed by atoms with Gasteiger partial charge in [0.1, 0.15) is 5.82 Å². The zero-order valence-electron chi connectivity index (χ0n) is 14.9. The summed E-state index contributed by atoms with van der Waals surface area (Å²) in [7, 11) is 1.90. The van der Waals surface area contributed by atoms with Gasteiger partial charge in [0.15, 0.2) is 0 Å². The molecular weight excluding hydrogens is 336 g/mol. The van der Waals surface area contributed by atoms with Crippen molar-refractivity contribution in [3.63, 3.8) is 0 Å². The van der Waals surface area contributed by atoms with Crippen LogP contribution in [0.5, 0.6) is 0 Å². The van der Waals surface area contributed by atoms with Crippen molar-refractivity contribution in [3.05, 3.63) is 84.1 Å². The minimum atomic E-state index is -0.0160. The van der Waals surface area contributed by atoms with E-state index in [4.69, 9.17) is 0 Å². The van der Waals surface area contributed by atoms with Crippen LogP contribution < -0.4 is 10.2 Å². The Labute approximate surface area is 156 Å². The van der Waals surface area contributed by atoms with Crippen molar-refractivity contribution in [2.24, 2.45) is 7.05 Å². The summed E-state index contributed by atoms with van der Waals surface area (Å²) in [5, 5.41) is 9.80. The number of amides is 1. The first-order chi connectivity index (χ1) is 13.2. The predicted molar refractivity (Wildman–Crippen MR) is 107 cm³/mol. The average molecular weight is 354 g/mol. The average Bonchev–Trinajstić information content (AvgIpc) is 2.96. The van der Waals surface area contributed by atoms with E-state index < -0.39 is 0 Å². The molecule has 4 aromatic rings. The number of nitrogens with one attached hydrogen (secondary N) is 1. The van der Waals surface area contributed by atoms with Gasteiger partial charge in [-0.3, -0.25) is 9.48 Å². The van der Waals surface area contributed by atoms with E-state index in [0.717, 1.165) is 33.5 Å². The van der Waals surface area contributed by atoms with Crippen LogP contribution in [0.3, 0.4) is 0 Å². The SMILES string of the molecule is Cn1ncc2c1Nc1ccccc1N(C(=O)c1cccc3ccccc13)C2. The molecule has 5 heteroatoms. The fourth-order valence-corrected chi connectivity index (χ4v) is 3.70. The van der Waals surface area contributed by atoms with Crippen molar-refractivity contribution >= 4 is 33.9 Å². The molecule has 0 saturated heterocycles. The Balaban J connectivity index is 1.68. The number of carbonyl (C=O) groups is 1. The summed E-state index contributed by atoms with van der Waals surface area (Å²) in [4.78, 5) is 15.4. The number of fused-ring (bicyclic) bond motifs is 3. The first-order valence-corrected chi connectivity index (χ1v) is 8.89. The van der Waals surface area contributed by atoms with Gasteiger partial charge in [0, 0.05) is 18.2 Å². The molecule has 2 heterocycles. The minimum Gasteiger partial charge on any atom is -0.338 e. The van der Waals surface area contributed by atoms with Crippen LogP contribution in [0, 0.1) is 0 Å². The number of rotatable bonds is 1. The van der Waals surface area contributed by atoms with Gasteiger partial charge in [-0.15, -0.1) is 0 Å². The second-order valence-electron chi connectivity index (χ2n) is 6.70. The standard InChI is InChI=1S/C22H18N4O/c1-25-21-16(13-23-25)14-26(20-12-5-4-11-19(20)24-21)22(27)18-10-6-8-15-7-2-3-9-17(15)18/h2-13,24H,14H2,1H3. The van der Waals surface area contributed by atoms with Gasteiger partial charge in [-0.25, -0.2) is 0 Å². The van der Waals surface area contributed by atoms with Crippen LogP contribution in [0.1, 0.15) is 15.9 Å². The molecule has 1 aromatic heterocycles. The van der Waals surface area contributed by atoms with Gasteiger partial charge < -0.3 is 10.2 Å². The molecule has 1 N–H and O–H groups in total. The fraction of sp³-hybridized carbons (Fsp3) is 0.0909. The zero-order valence-corrected chi connectivity index (χ0v) is 14.9. The molecule has 5 nitrogen and oxygen atoms in total. The highest BCUT2D eigenvalue weighted by Gasteiger charge is 2.27. The molecule has 0 spiro atoms. The summed E-state index contributed by atoms with van der Waals surface area (Å²) >= 11 is 0. The highest BCUT2D eigenvalue weighted by molar-refractivity contribution is 6.15. The van der Waals surface area contributed by atoms with Crippen LogP contribution in [0.15, 0.2) is 72.9 Å². The number of nitrogens with zero attached hydrogens (tertiary/aromatic N) is 3. The van der Waals surface area contributed by atoms with Crippen molar-refractivity contribution in [2.45, 2.75) is 6.54 Å². The fourth-order valence-electron chi connectivity index (χ4n) is 3.70. The van der Waals surface area contributed by atoms with E-state index in [2.05, 4.69) is 10.4 Å². The van der Waals surface area contributed by atoms with Crippen molar-refractivity contribution < 1.29 is 4.79 Å². The third-order valence-corrected chi connectivity index (χ3v) is 5.06. The molecular formula is C22H18N4O. The molecule has 0 bridgehead atoms. The van der Waals surface area contributed by atoms with E-state index in [-0.39, 0.29) is 5.91 Å². The quantitative estimate of drug-likeness (QED) is 0.548. The van der Waals surface area contributed by atoms with Crippen LogP contribution in [-0.4, -0.2) is 15.7 Å². The third-order valence-electron chi connectivity index (χ3n) is 5.06. The number of para-hydroxylation sites is 2. The Morgan fingerprint density at radius 3 is 2.70 bits per heavy atom. The second kappa shape index (κ2) is 5.99. The number of benzene rings is 3. The van der Waals surface area contributed by atoms with Crippen molar-refractivity contribution in [3.8, 4) is 0 Å². The van der Waals surface area contributed by atoms with Crippen LogP contribution in [-0.2, 0) is 13.6 Å². The number of aryl methyl sites for hydroxylation is 1. The topological polar surface area (TPSA) is 50.2 Å². The van der Waals surface area contributed by atoms with Gasteiger partial charge in [-0.1, -0.05) is 48.5 Å². The molecule has 0 unspecified atom stereocenters. The molecule has 0 aliphatic carbocycles. The molecule has 1 amide bonds. The van der Waals surface area contributed by atoms with Gasteiger partial charge in [0.25, 0.3) is 5.91 Å².